The molecule has 0 bridgehead atoms. The SMILES string of the molecule is CC(C)NC(=O)c1ccc(CNC(=O)OC(C)(C)C)cc1. The maximum Gasteiger partial charge on any atom is 0.407 e. The fourth-order valence-electron chi connectivity index (χ4n) is 1.61. The van der Waals surface area contributed by atoms with E-state index < -0.39 is 11.7 Å². The number of alkyl carbamates (subject to hydrolysis) is 1. The highest BCUT2D eigenvalue weighted by Gasteiger charge is 2.15. The smallest absolute Gasteiger partial charge is 0.407 e. The monoisotopic (exact) mass is 292 g/mol. The molecule has 0 heterocycles. The van der Waals surface area contributed by atoms with Crippen LogP contribution in [-0.4, -0.2) is 23.6 Å². The van der Waals surface area contributed by atoms with Crippen molar-refractivity contribution < 1.29 is 14.3 Å². The maximum absolute atomic E-state index is 11.8. The van der Waals surface area contributed by atoms with Gasteiger partial charge in [0.05, 0.1) is 0 Å². The van der Waals surface area contributed by atoms with E-state index in [-0.39, 0.29) is 11.9 Å². The fourth-order valence-corrected chi connectivity index (χ4v) is 1.61. The van der Waals surface area contributed by atoms with Crippen LogP contribution in [0, 0.1) is 0 Å². The first-order valence-electron chi connectivity index (χ1n) is 7.04. The third kappa shape index (κ3) is 6.79. The molecular weight excluding hydrogens is 268 g/mol. The summed E-state index contributed by atoms with van der Waals surface area (Å²) in [6, 6.07) is 7.21. The van der Waals surface area contributed by atoms with Crippen molar-refractivity contribution in [3.8, 4) is 0 Å². The van der Waals surface area contributed by atoms with Gasteiger partial charge < -0.3 is 15.4 Å². The highest BCUT2D eigenvalue weighted by Crippen LogP contribution is 2.08. The molecule has 1 aromatic carbocycles. The van der Waals surface area contributed by atoms with Crippen LogP contribution in [0.5, 0.6) is 0 Å². The predicted molar refractivity (Wildman–Crippen MR) is 82.1 cm³/mol. The molecule has 1 aromatic rings. The Morgan fingerprint density at radius 2 is 1.71 bits per heavy atom. The summed E-state index contributed by atoms with van der Waals surface area (Å²) in [5.41, 5.74) is 0.995. The van der Waals surface area contributed by atoms with Gasteiger partial charge in [-0.15, -0.1) is 0 Å². The first-order chi connectivity index (χ1) is 9.67. The van der Waals surface area contributed by atoms with E-state index in [1.54, 1.807) is 12.1 Å². The topological polar surface area (TPSA) is 67.4 Å². The molecule has 0 spiro atoms. The van der Waals surface area contributed by atoms with Crippen molar-refractivity contribution in [1.29, 1.82) is 0 Å². The second-order valence-electron chi connectivity index (χ2n) is 6.18. The third-order valence-electron chi connectivity index (χ3n) is 2.47. The zero-order valence-electron chi connectivity index (χ0n) is 13.3. The summed E-state index contributed by atoms with van der Waals surface area (Å²) < 4.78 is 5.15. The van der Waals surface area contributed by atoms with E-state index in [0.29, 0.717) is 12.1 Å². The molecule has 0 saturated carbocycles. The molecule has 2 amide bonds. The Balaban J connectivity index is 2.52. The average molecular weight is 292 g/mol. The van der Waals surface area contributed by atoms with Gasteiger partial charge in [0.15, 0.2) is 0 Å². The zero-order chi connectivity index (χ0) is 16.0. The second kappa shape index (κ2) is 7.11. The number of rotatable bonds is 4. The van der Waals surface area contributed by atoms with Crippen molar-refractivity contribution in [3.63, 3.8) is 0 Å². The molecule has 0 aromatic heterocycles. The van der Waals surface area contributed by atoms with Gasteiger partial charge in [0.25, 0.3) is 5.91 Å². The van der Waals surface area contributed by atoms with Gasteiger partial charge in [-0.2, -0.15) is 0 Å². The van der Waals surface area contributed by atoms with Crippen LogP contribution >= 0.6 is 0 Å². The van der Waals surface area contributed by atoms with E-state index in [4.69, 9.17) is 4.74 Å². The lowest BCUT2D eigenvalue weighted by Crippen LogP contribution is -2.32. The van der Waals surface area contributed by atoms with E-state index in [2.05, 4.69) is 10.6 Å². The molecule has 0 radical (unpaired) electrons. The Kier molecular flexibility index (Phi) is 5.76. The number of hydrogen-bond acceptors (Lipinski definition) is 3. The maximum atomic E-state index is 11.8. The van der Waals surface area contributed by atoms with Crippen LogP contribution in [0.3, 0.4) is 0 Å². The van der Waals surface area contributed by atoms with Crippen molar-refractivity contribution in [1.82, 2.24) is 10.6 Å². The molecule has 5 nitrogen and oxygen atoms in total. The first kappa shape index (κ1) is 17.0. The van der Waals surface area contributed by atoms with Gasteiger partial charge in [0.1, 0.15) is 5.60 Å². The molecule has 1 rings (SSSR count). The van der Waals surface area contributed by atoms with Gasteiger partial charge in [0.2, 0.25) is 0 Å². The molecule has 5 heteroatoms. The number of hydrogen-bond donors (Lipinski definition) is 2. The van der Waals surface area contributed by atoms with Crippen molar-refractivity contribution in [2.45, 2.75) is 52.8 Å². The number of ether oxygens (including phenoxy) is 1. The van der Waals surface area contributed by atoms with E-state index in [0.717, 1.165) is 5.56 Å². The number of benzene rings is 1. The minimum absolute atomic E-state index is 0.100. The average Bonchev–Trinajstić information content (AvgIpc) is 2.34. The normalized spacial score (nSPS) is 11.1. The minimum Gasteiger partial charge on any atom is -0.444 e. The molecular formula is C16H24N2O3. The summed E-state index contributed by atoms with van der Waals surface area (Å²) in [6.07, 6.45) is -0.455. The number of carbonyl (C=O) groups excluding carboxylic acids is 2. The lowest BCUT2D eigenvalue weighted by atomic mass is 10.1. The van der Waals surface area contributed by atoms with E-state index >= 15 is 0 Å². The predicted octanol–water partition coefficient (Wildman–Crippen LogP) is 2.85. The van der Waals surface area contributed by atoms with Crippen LogP contribution in [0.2, 0.25) is 0 Å². The Bertz CT molecular complexity index is 487. The molecule has 0 aliphatic heterocycles. The van der Waals surface area contributed by atoms with Crippen molar-refractivity contribution in [2.24, 2.45) is 0 Å². The summed E-state index contributed by atoms with van der Waals surface area (Å²) in [7, 11) is 0. The molecule has 116 valence electrons. The van der Waals surface area contributed by atoms with Gasteiger partial charge in [-0.1, -0.05) is 12.1 Å². The quantitative estimate of drug-likeness (QED) is 0.896. The largest absolute Gasteiger partial charge is 0.444 e. The number of amides is 2. The van der Waals surface area contributed by atoms with Crippen LogP contribution in [0.15, 0.2) is 24.3 Å². The van der Waals surface area contributed by atoms with Gasteiger partial charge in [-0.05, 0) is 52.3 Å². The van der Waals surface area contributed by atoms with Gasteiger partial charge in [-0.25, -0.2) is 4.79 Å². The Hall–Kier alpha value is -2.04. The summed E-state index contributed by atoms with van der Waals surface area (Å²) in [6.45, 7) is 9.63. The highest BCUT2D eigenvalue weighted by atomic mass is 16.6. The van der Waals surface area contributed by atoms with Crippen LogP contribution in [-0.2, 0) is 11.3 Å². The summed E-state index contributed by atoms with van der Waals surface area (Å²) in [4.78, 5) is 23.3. The number of carbonyl (C=O) groups is 2. The zero-order valence-corrected chi connectivity index (χ0v) is 13.3. The second-order valence-corrected chi connectivity index (χ2v) is 6.18. The summed E-state index contributed by atoms with van der Waals surface area (Å²) in [5, 5.41) is 5.50. The van der Waals surface area contributed by atoms with Gasteiger partial charge in [-0.3, -0.25) is 4.79 Å². The molecule has 0 saturated heterocycles. The molecule has 0 aliphatic carbocycles. The molecule has 0 aliphatic rings. The van der Waals surface area contributed by atoms with Crippen LogP contribution in [0.4, 0.5) is 4.79 Å². The lowest BCUT2D eigenvalue weighted by molar-refractivity contribution is 0.0523. The first-order valence-corrected chi connectivity index (χ1v) is 7.04. The van der Waals surface area contributed by atoms with E-state index in [1.165, 1.54) is 0 Å². The molecule has 21 heavy (non-hydrogen) atoms. The minimum atomic E-state index is -0.511. The van der Waals surface area contributed by atoms with Crippen LogP contribution in [0.1, 0.15) is 50.5 Å². The van der Waals surface area contributed by atoms with Crippen LogP contribution < -0.4 is 10.6 Å². The van der Waals surface area contributed by atoms with E-state index in [1.807, 2.05) is 46.8 Å². The van der Waals surface area contributed by atoms with Gasteiger partial charge in [0, 0.05) is 18.2 Å². The Morgan fingerprint density at radius 3 is 2.19 bits per heavy atom. The molecule has 2 N–H and O–H groups in total. The van der Waals surface area contributed by atoms with E-state index in [9.17, 15) is 9.59 Å². The van der Waals surface area contributed by atoms with Crippen molar-refractivity contribution in [2.75, 3.05) is 0 Å². The standard InChI is InChI=1S/C16H24N2O3/c1-11(2)18-14(19)13-8-6-12(7-9-13)10-17-15(20)21-16(3,4)5/h6-9,11H,10H2,1-5H3,(H,17,20)(H,18,19). The summed E-state index contributed by atoms with van der Waals surface area (Å²) in [5.74, 6) is -0.100. The van der Waals surface area contributed by atoms with Crippen LogP contribution in [0.25, 0.3) is 0 Å². The fraction of sp³-hybridized carbons (Fsp3) is 0.500. The van der Waals surface area contributed by atoms with Crippen molar-refractivity contribution >= 4 is 12.0 Å². The Labute approximate surface area is 126 Å². The molecule has 0 fully saturated rings. The third-order valence-corrected chi connectivity index (χ3v) is 2.47. The number of nitrogens with one attached hydrogen (secondary N) is 2. The highest BCUT2D eigenvalue weighted by molar-refractivity contribution is 5.94. The molecule has 0 atom stereocenters. The van der Waals surface area contributed by atoms with Gasteiger partial charge >= 0.3 is 6.09 Å². The lowest BCUT2D eigenvalue weighted by Gasteiger charge is -2.19. The van der Waals surface area contributed by atoms with Crippen molar-refractivity contribution in [3.05, 3.63) is 35.4 Å². The summed E-state index contributed by atoms with van der Waals surface area (Å²) >= 11 is 0. The Morgan fingerprint density at radius 1 is 1.14 bits per heavy atom. The molecule has 0 unspecified atom stereocenters.